The molecule has 0 aliphatic carbocycles. The number of carbonyl (C=O) groups excluding carboxylic acids is 2. The molecule has 0 bridgehead atoms. The Hall–Kier alpha value is -3.64. The normalized spacial score (nSPS) is 17.5. The first kappa shape index (κ1) is 22.6. The summed E-state index contributed by atoms with van der Waals surface area (Å²) in [6.45, 7) is 3.78. The molecule has 1 heterocycles. The minimum Gasteiger partial charge on any atom is -0.507 e. The van der Waals surface area contributed by atoms with Crippen molar-refractivity contribution in [2.45, 2.75) is 19.9 Å². The van der Waals surface area contributed by atoms with E-state index in [4.69, 9.17) is 16.3 Å². The Kier molecular flexibility index (Phi) is 5.95. The van der Waals surface area contributed by atoms with Gasteiger partial charge in [-0.15, -0.1) is 0 Å². The molecule has 7 heteroatoms. The molecule has 1 aliphatic heterocycles. The fourth-order valence-electron chi connectivity index (χ4n) is 4.12. The Morgan fingerprint density at radius 2 is 1.64 bits per heavy atom. The van der Waals surface area contributed by atoms with Crippen LogP contribution in [0.25, 0.3) is 5.76 Å². The Morgan fingerprint density at radius 3 is 2.21 bits per heavy atom. The van der Waals surface area contributed by atoms with E-state index in [-0.39, 0.29) is 21.9 Å². The molecule has 1 aliphatic rings. The molecule has 0 aromatic heterocycles. The number of amides is 1. The lowest BCUT2D eigenvalue weighted by Crippen LogP contribution is -2.29. The third-order valence-electron chi connectivity index (χ3n) is 5.54. The van der Waals surface area contributed by atoms with E-state index in [1.807, 2.05) is 19.9 Å². The SMILES string of the molecule is COc1ccc(/C(O)=C2/C(=O)C(=O)N(c3cc(C)cc(C)c3)C2c2ccc(F)cc2)cc1Cl. The highest BCUT2D eigenvalue weighted by Gasteiger charge is 2.47. The number of halogens is 2. The van der Waals surface area contributed by atoms with Crippen LogP contribution in [0.2, 0.25) is 5.02 Å². The number of methoxy groups -OCH3 is 1. The molecule has 1 unspecified atom stereocenters. The van der Waals surface area contributed by atoms with Crippen molar-refractivity contribution in [3.05, 3.63) is 99.3 Å². The predicted molar refractivity (Wildman–Crippen MR) is 125 cm³/mol. The fraction of sp³-hybridized carbons (Fsp3) is 0.154. The molecule has 1 fully saturated rings. The lowest BCUT2D eigenvalue weighted by atomic mass is 9.95. The van der Waals surface area contributed by atoms with Gasteiger partial charge in [0.25, 0.3) is 11.7 Å². The second-order valence-corrected chi connectivity index (χ2v) is 8.32. The smallest absolute Gasteiger partial charge is 0.300 e. The maximum absolute atomic E-state index is 13.7. The highest BCUT2D eigenvalue weighted by Crippen LogP contribution is 2.43. The number of anilines is 1. The Morgan fingerprint density at radius 1 is 1.00 bits per heavy atom. The van der Waals surface area contributed by atoms with Gasteiger partial charge in [-0.3, -0.25) is 14.5 Å². The average molecular weight is 466 g/mol. The van der Waals surface area contributed by atoms with E-state index in [1.54, 1.807) is 24.3 Å². The van der Waals surface area contributed by atoms with Gasteiger partial charge < -0.3 is 9.84 Å². The van der Waals surface area contributed by atoms with Crippen molar-refractivity contribution in [1.82, 2.24) is 0 Å². The maximum Gasteiger partial charge on any atom is 0.300 e. The molecular formula is C26H21ClFNO4. The number of aliphatic hydroxyl groups excluding tert-OH is 1. The topological polar surface area (TPSA) is 66.8 Å². The summed E-state index contributed by atoms with van der Waals surface area (Å²) < 4.78 is 18.8. The molecule has 0 spiro atoms. The van der Waals surface area contributed by atoms with E-state index in [0.29, 0.717) is 17.0 Å². The number of nitrogens with zero attached hydrogens (tertiary/aromatic N) is 1. The number of ketones is 1. The molecule has 1 saturated heterocycles. The van der Waals surface area contributed by atoms with E-state index < -0.39 is 23.5 Å². The van der Waals surface area contributed by atoms with Crippen LogP contribution in [0, 0.1) is 19.7 Å². The van der Waals surface area contributed by atoms with Gasteiger partial charge in [0.2, 0.25) is 0 Å². The third kappa shape index (κ3) is 4.10. The molecule has 0 radical (unpaired) electrons. The van der Waals surface area contributed by atoms with E-state index in [0.717, 1.165) is 11.1 Å². The minimum absolute atomic E-state index is 0.105. The lowest BCUT2D eigenvalue weighted by molar-refractivity contribution is -0.132. The van der Waals surface area contributed by atoms with Gasteiger partial charge in [0.05, 0.1) is 23.7 Å². The number of aryl methyl sites for hydroxylation is 2. The van der Waals surface area contributed by atoms with Crippen LogP contribution in [-0.2, 0) is 9.59 Å². The van der Waals surface area contributed by atoms with Gasteiger partial charge in [-0.05, 0) is 73.0 Å². The van der Waals surface area contributed by atoms with E-state index in [1.165, 1.54) is 42.3 Å². The summed E-state index contributed by atoms with van der Waals surface area (Å²) in [5.74, 6) is -2.05. The van der Waals surface area contributed by atoms with E-state index in [2.05, 4.69) is 0 Å². The number of aliphatic hydroxyl groups is 1. The largest absolute Gasteiger partial charge is 0.507 e. The molecule has 5 nitrogen and oxygen atoms in total. The van der Waals surface area contributed by atoms with Gasteiger partial charge in [-0.1, -0.05) is 29.8 Å². The number of hydrogen-bond donors (Lipinski definition) is 1. The van der Waals surface area contributed by atoms with Crippen LogP contribution in [0.4, 0.5) is 10.1 Å². The predicted octanol–water partition coefficient (Wildman–Crippen LogP) is 5.73. The molecule has 0 saturated carbocycles. The van der Waals surface area contributed by atoms with E-state index >= 15 is 0 Å². The van der Waals surface area contributed by atoms with Gasteiger partial charge >= 0.3 is 0 Å². The van der Waals surface area contributed by atoms with Crippen molar-refractivity contribution in [3.8, 4) is 5.75 Å². The Bertz CT molecular complexity index is 1280. The van der Waals surface area contributed by atoms with Crippen molar-refractivity contribution in [3.63, 3.8) is 0 Å². The maximum atomic E-state index is 13.7. The molecule has 3 aromatic rings. The summed E-state index contributed by atoms with van der Waals surface area (Å²) in [5, 5.41) is 11.4. The van der Waals surface area contributed by atoms with Crippen molar-refractivity contribution in [2.75, 3.05) is 12.0 Å². The summed E-state index contributed by atoms with van der Waals surface area (Å²) in [4.78, 5) is 27.7. The molecule has 33 heavy (non-hydrogen) atoms. The monoisotopic (exact) mass is 465 g/mol. The third-order valence-corrected chi connectivity index (χ3v) is 5.84. The molecular weight excluding hydrogens is 445 g/mol. The first-order valence-corrected chi connectivity index (χ1v) is 10.6. The highest BCUT2D eigenvalue weighted by atomic mass is 35.5. The Balaban J connectivity index is 1.96. The van der Waals surface area contributed by atoms with Crippen molar-refractivity contribution in [2.24, 2.45) is 0 Å². The van der Waals surface area contributed by atoms with Crippen LogP contribution >= 0.6 is 11.6 Å². The van der Waals surface area contributed by atoms with Gasteiger partial charge in [0.1, 0.15) is 17.3 Å². The summed E-state index contributed by atoms with van der Waals surface area (Å²) in [5.41, 5.74) is 2.96. The van der Waals surface area contributed by atoms with Gasteiger partial charge in [0, 0.05) is 11.3 Å². The molecule has 1 N–H and O–H groups in total. The quantitative estimate of drug-likeness (QED) is 0.303. The number of Topliss-reactive ketones (excluding diaryl/α,β-unsaturated/α-hetero) is 1. The number of benzene rings is 3. The first-order valence-electron chi connectivity index (χ1n) is 10.2. The fourth-order valence-corrected chi connectivity index (χ4v) is 4.38. The second-order valence-electron chi connectivity index (χ2n) is 7.92. The van der Waals surface area contributed by atoms with Crippen molar-refractivity contribution < 1.29 is 23.8 Å². The molecule has 4 rings (SSSR count). The van der Waals surface area contributed by atoms with Crippen LogP contribution in [0.3, 0.4) is 0 Å². The molecule has 3 aromatic carbocycles. The van der Waals surface area contributed by atoms with Crippen molar-refractivity contribution >= 4 is 34.7 Å². The van der Waals surface area contributed by atoms with Crippen LogP contribution in [0.5, 0.6) is 5.75 Å². The Labute approximate surface area is 195 Å². The summed E-state index contributed by atoms with van der Waals surface area (Å²) in [6, 6.07) is 14.6. The highest BCUT2D eigenvalue weighted by molar-refractivity contribution is 6.51. The van der Waals surface area contributed by atoms with Gasteiger partial charge in [0.15, 0.2) is 0 Å². The summed E-state index contributed by atoms with van der Waals surface area (Å²) >= 11 is 6.21. The zero-order valence-corrected chi connectivity index (χ0v) is 19.0. The van der Waals surface area contributed by atoms with Crippen LogP contribution in [0.15, 0.2) is 66.2 Å². The van der Waals surface area contributed by atoms with Crippen molar-refractivity contribution in [1.29, 1.82) is 0 Å². The molecule has 1 atom stereocenters. The first-order chi connectivity index (χ1) is 15.7. The average Bonchev–Trinajstić information content (AvgIpc) is 3.03. The molecule has 1 amide bonds. The number of hydrogen-bond acceptors (Lipinski definition) is 4. The summed E-state index contributed by atoms with van der Waals surface area (Å²) in [6.07, 6.45) is 0. The van der Waals surface area contributed by atoms with Crippen LogP contribution < -0.4 is 9.64 Å². The van der Waals surface area contributed by atoms with E-state index in [9.17, 15) is 19.1 Å². The van der Waals surface area contributed by atoms with Crippen LogP contribution in [0.1, 0.15) is 28.3 Å². The number of ether oxygens (including phenoxy) is 1. The minimum atomic E-state index is -0.951. The second kappa shape index (κ2) is 8.71. The number of carbonyl (C=O) groups is 2. The number of rotatable bonds is 4. The lowest BCUT2D eigenvalue weighted by Gasteiger charge is -2.26. The molecule has 168 valence electrons. The zero-order chi connectivity index (χ0) is 23.9. The van der Waals surface area contributed by atoms with Gasteiger partial charge in [-0.2, -0.15) is 0 Å². The van der Waals surface area contributed by atoms with Gasteiger partial charge in [-0.25, -0.2) is 4.39 Å². The summed E-state index contributed by atoms with van der Waals surface area (Å²) in [7, 11) is 1.46. The standard InChI is InChI=1S/C26H21ClFNO4/c1-14-10-15(2)12-19(11-14)29-23(16-4-7-18(28)8-5-16)22(25(31)26(29)32)24(30)17-6-9-21(33-3)20(27)13-17/h4-13,23,30H,1-3H3/b24-22-. The zero-order valence-electron chi connectivity index (χ0n) is 18.2. The van der Waals surface area contributed by atoms with Crippen LogP contribution in [-0.4, -0.2) is 23.9 Å².